The Morgan fingerprint density at radius 2 is 1.91 bits per heavy atom. The summed E-state index contributed by atoms with van der Waals surface area (Å²) in [4.78, 5) is 22.8. The highest BCUT2D eigenvalue weighted by Gasteiger charge is 2.13. The number of alkyl halides is 2. The fourth-order valence-corrected chi connectivity index (χ4v) is 1.57. The van der Waals surface area contributed by atoms with E-state index in [1.165, 1.54) is 25.3 Å². The number of hydrogen-bond donors (Lipinski definition) is 1. The molecule has 0 bridgehead atoms. The fraction of sp³-hybridized carbons (Fsp3) is 0.467. The molecule has 0 unspecified atom stereocenters. The molecule has 0 radical (unpaired) electrons. The number of esters is 1. The molecule has 8 heteroatoms. The monoisotopic (exact) mass is 331 g/mol. The molecule has 0 aliphatic carbocycles. The first-order valence-electron chi connectivity index (χ1n) is 6.88. The number of methoxy groups -OCH3 is 1. The van der Waals surface area contributed by atoms with E-state index in [2.05, 4.69) is 10.1 Å². The van der Waals surface area contributed by atoms with Crippen LogP contribution < -0.4 is 14.8 Å². The Balaban J connectivity index is 2.54. The molecule has 0 atom stereocenters. The van der Waals surface area contributed by atoms with Crippen molar-refractivity contribution >= 4 is 11.9 Å². The van der Waals surface area contributed by atoms with Gasteiger partial charge in [-0.15, -0.1) is 0 Å². The van der Waals surface area contributed by atoms with Gasteiger partial charge < -0.3 is 19.5 Å². The molecule has 1 aromatic rings. The molecule has 6 nitrogen and oxygen atoms in total. The van der Waals surface area contributed by atoms with Gasteiger partial charge in [0, 0.05) is 6.54 Å². The standard InChI is InChI=1S/C15H19F2NO5/c1-9(2)14(20)22-8-13(19)18-7-10-4-5-11(23-15(16)17)12(6-10)21-3/h4-6,9,15H,7-8H2,1-3H3,(H,18,19). The summed E-state index contributed by atoms with van der Waals surface area (Å²) in [5.41, 5.74) is 0.618. The number of carbonyl (C=O) groups is 2. The summed E-state index contributed by atoms with van der Waals surface area (Å²) >= 11 is 0. The zero-order chi connectivity index (χ0) is 17.4. The molecule has 1 aromatic carbocycles. The van der Waals surface area contributed by atoms with Crippen LogP contribution in [0.2, 0.25) is 0 Å². The van der Waals surface area contributed by atoms with E-state index in [1.54, 1.807) is 13.8 Å². The van der Waals surface area contributed by atoms with E-state index in [0.29, 0.717) is 5.56 Å². The highest BCUT2D eigenvalue weighted by atomic mass is 19.3. The molecule has 0 aliphatic heterocycles. The summed E-state index contributed by atoms with van der Waals surface area (Å²) in [6, 6.07) is 4.31. The van der Waals surface area contributed by atoms with Crippen LogP contribution in [-0.4, -0.2) is 32.2 Å². The maximum absolute atomic E-state index is 12.2. The first-order chi connectivity index (χ1) is 10.8. The Bertz CT molecular complexity index is 549. The molecule has 23 heavy (non-hydrogen) atoms. The molecular weight excluding hydrogens is 312 g/mol. The second kappa shape index (κ2) is 8.92. The van der Waals surface area contributed by atoms with Crippen LogP contribution in [0.3, 0.4) is 0 Å². The van der Waals surface area contributed by atoms with Crippen LogP contribution in [0.4, 0.5) is 8.78 Å². The third-order valence-electron chi connectivity index (χ3n) is 2.75. The average Bonchev–Trinajstić information content (AvgIpc) is 2.50. The van der Waals surface area contributed by atoms with E-state index >= 15 is 0 Å². The summed E-state index contributed by atoms with van der Waals surface area (Å²) in [7, 11) is 1.32. The average molecular weight is 331 g/mol. The molecular formula is C15H19F2NO5. The lowest BCUT2D eigenvalue weighted by atomic mass is 10.2. The van der Waals surface area contributed by atoms with Gasteiger partial charge in [0.25, 0.3) is 5.91 Å². The SMILES string of the molecule is COc1cc(CNC(=O)COC(=O)C(C)C)ccc1OC(F)F. The number of hydrogen-bond acceptors (Lipinski definition) is 5. The highest BCUT2D eigenvalue weighted by Crippen LogP contribution is 2.29. The third-order valence-corrected chi connectivity index (χ3v) is 2.75. The minimum absolute atomic E-state index is 0.0940. The van der Waals surface area contributed by atoms with Crippen molar-refractivity contribution in [2.24, 2.45) is 5.92 Å². The number of amides is 1. The maximum atomic E-state index is 12.2. The zero-order valence-electron chi connectivity index (χ0n) is 13.1. The first-order valence-corrected chi connectivity index (χ1v) is 6.88. The van der Waals surface area contributed by atoms with Crippen molar-refractivity contribution in [3.05, 3.63) is 23.8 Å². The largest absolute Gasteiger partial charge is 0.493 e. The lowest BCUT2D eigenvalue weighted by molar-refractivity contribution is -0.151. The smallest absolute Gasteiger partial charge is 0.387 e. The van der Waals surface area contributed by atoms with Gasteiger partial charge in [-0.05, 0) is 17.7 Å². The van der Waals surface area contributed by atoms with Gasteiger partial charge in [-0.2, -0.15) is 8.78 Å². The van der Waals surface area contributed by atoms with E-state index in [0.717, 1.165) is 0 Å². The quantitative estimate of drug-likeness (QED) is 0.739. The van der Waals surface area contributed by atoms with Gasteiger partial charge >= 0.3 is 12.6 Å². The Kier molecular flexibility index (Phi) is 7.24. The molecule has 128 valence electrons. The van der Waals surface area contributed by atoms with Crippen LogP contribution in [0.15, 0.2) is 18.2 Å². The molecule has 0 aromatic heterocycles. The second-order valence-electron chi connectivity index (χ2n) is 4.90. The summed E-state index contributed by atoms with van der Waals surface area (Å²) in [5.74, 6) is -1.21. The predicted octanol–water partition coefficient (Wildman–Crippen LogP) is 2.11. The van der Waals surface area contributed by atoms with Gasteiger partial charge in [-0.25, -0.2) is 0 Å². The van der Waals surface area contributed by atoms with E-state index in [-0.39, 0.29) is 30.6 Å². The maximum Gasteiger partial charge on any atom is 0.387 e. The zero-order valence-corrected chi connectivity index (χ0v) is 13.1. The topological polar surface area (TPSA) is 73.9 Å². The van der Waals surface area contributed by atoms with Crippen LogP contribution in [0.5, 0.6) is 11.5 Å². The summed E-state index contributed by atoms with van der Waals surface area (Å²) in [6.45, 7) is 0.125. The molecule has 0 aliphatic rings. The first kappa shape index (κ1) is 18.7. The van der Waals surface area contributed by atoms with Crippen molar-refractivity contribution in [2.45, 2.75) is 27.0 Å². The lowest BCUT2D eigenvalue weighted by Gasteiger charge is -2.12. The number of halogens is 2. The molecule has 0 heterocycles. The minimum Gasteiger partial charge on any atom is -0.493 e. The van der Waals surface area contributed by atoms with E-state index in [1.807, 2.05) is 0 Å². The van der Waals surface area contributed by atoms with Crippen LogP contribution >= 0.6 is 0 Å². The van der Waals surface area contributed by atoms with Gasteiger partial charge in [0.15, 0.2) is 18.1 Å². The Morgan fingerprint density at radius 1 is 1.22 bits per heavy atom. The lowest BCUT2D eigenvalue weighted by Crippen LogP contribution is -2.29. The Morgan fingerprint density at radius 3 is 2.48 bits per heavy atom. The van der Waals surface area contributed by atoms with Crippen molar-refractivity contribution in [3.8, 4) is 11.5 Å². The number of carbonyl (C=O) groups excluding carboxylic acids is 2. The van der Waals surface area contributed by atoms with Crippen LogP contribution in [-0.2, 0) is 20.9 Å². The van der Waals surface area contributed by atoms with E-state index < -0.39 is 18.5 Å². The van der Waals surface area contributed by atoms with E-state index in [9.17, 15) is 18.4 Å². The van der Waals surface area contributed by atoms with E-state index in [4.69, 9.17) is 9.47 Å². The highest BCUT2D eigenvalue weighted by molar-refractivity contribution is 5.80. The number of benzene rings is 1. The minimum atomic E-state index is -2.95. The predicted molar refractivity (Wildman–Crippen MR) is 77.3 cm³/mol. The summed E-state index contributed by atoms with van der Waals surface area (Å²) in [6.07, 6.45) is 0. The van der Waals surface area contributed by atoms with Crippen LogP contribution in [0, 0.1) is 5.92 Å². The van der Waals surface area contributed by atoms with Crippen molar-refractivity contribution in [2.75, 3.05) is 13.7 Å². The summed E-state index contributed by atoms with van der Waals surface area (Å²) in [5, 5.41) is 2.54. The Labute approximate surface area is 132 Å². The van der Waals surface area contributed by atoms with Crippen molar-refractivity contribution < 1.29 is 32.6 Å². The fourth-order valence-electron chi connectivity index (χ4n) is 1.57. The number of ether oxygens (including phenoxy) is 3. The molecule has 1 amide bonds. The van der Waals surface area contributed by atoms with Crippen molar-refractivity contribution in [3.63, 3.8) is 0 Å². The van der Waals surface area contributed by atoms with Gasteiger partial charge in [0.2, 0.25) is 0 Å². The molecule has 1 rings (SSSR count). The molecule has 1 N–H and O–H groups in total. The van der Waals surface area contributed by atoms with Gasteiger partial charge in [-0.3, -0.25) is 9.59 Å². The van der Waals surface area contributed by atoms with Crippen LogP contribution in [0.25, 0.3) is 0 Å². The molecule has 0 spiro atoms. The summed E-state index contributed by atoms with van der Waals surface area (Å²) < 4.78 is 38.5. The third kappa shape index (κ3) is 6.50. The van der Waals surface area contributed by atoms with Crippen LogP contribution in [0.1, 0.15) is 19.4 Å². The molecule has 0 saturated heterocycles. The normalized spacial score (nSPS) is 10.6. The Hall–Kier alpha value is -2.38. The second-order valence-corrected chi connectivity index (χ2v) is 4.90. The van der Waals surface area contributed by atoms with Gasteiger partial charge in [0.1, 0.15) is 0 Å². The number of rotatable bonds is 8. The van der Waals surface area contributed by atoms with Crippen molar-refractivity contribution in [1.29, 1.82) is 0 Å². The molecule has 0 fully saturated rings. The van der Waals surface area contributed by atoms with Gasteiger partial charge in [-0.1, -0.05) is 19.9 Å². The van der Waals surface area contributed by atoms with Crippen molar-refractivity contribution in [1.82, 2.24) is 5.32 Å². The number of nitrogens with one attached hydrogen (secondary N) is 1. The van der Waals surface area contributed by atoms with Gasteiger partial charge in [0.05, 0.1) is 13.0 Å². The molecule has 0 saturated carbocycles.